The summed E-state index contributed by atoms with van der Waals surface area (Å²) in [5.41, 5.74) is 2.08. The van der Waals surface area contributed by atoms with Crippen molar-refractivity contribution in [3.8, 4) is 0 Å². The van der Waals surface area contributed by atoms with Crippen molar-refractivity contribution in [2.45, 2.75) is 60.1 Å². The number of allylic oxidation sites excluding steroid dienone is 1. The molecule has 1 aromatic carbocycles. The van der Waals surface area contributed by atoms with Crippen molar-refractivity contribution in [1.29, 1.82) is 0 Å². The first-order chi connectivity index (χ1) is 13.4. The van der Waals surface area contributed by atoms with Crippen LogP contribution in [-0.2, 0) is 14.3 Å². The topological polar surface area (TPSA) is 87.7 Å². The lowest BCUT2D eigenvalue weighted by atomic mass is 9.92. The van der Waals surface area contributed by atoms with Gasteiger partial charge in [-0.1, -0.05) is 32.9 Å². The second-order valence-corrected chi connectivity index (χ2v) is 8.81. The molecule has 7 heteroatoms. The fourth-order valence-corrected chi connectivity index (χ4v) is 3.11. The number of anilines is 1. The molecule has 2 rings (SSSR count). The number of amides is 3. The van der Waals surface area contributed by atoms with Gasteiger partial charge in [-0.3, -0.25) is 4.79 Å². The van der Waals surface area contributed by atoms with Crippen molar-refractivity contribution in [3.05, 3.63) is 41.1 Å². The minimum atomic E-state index is -0.663. The highest BCUT2D eigenvalue weighted by molar-refractivity contribution is 5.95. The Morgan fingerprint density at radius 1 is 1.28 bits per heavy atom. The zero-order valence-corrected chi connectivity index (χ0v) is 18.3. The van der Waals surface area contributed by atoms with Crippen molar-refractivity contribution in [1.82, 2.24) is 10.2 Å². The zero-order valence-electron chi connectivity index (χ0n) is 18.3. The first kappa shape index (κ1) is 22.5. The number of urea groups is 1. The summed E-state index contributed by atoms with van der Waals surface area (Å²) in [4.78, 5) is 38.8. The van der Waals surface area contributed by atoms with E-state index in [1.807, 2.05) is 26.8 Å². The van der Waals surface area contributed by atoms with Gasteiger partial charge >= 0.3 is 12.0 Å². The maximum Gasteiger partial charge on any atom is 0.338 e. The van der Waals surface area contributed by atoms with Crippen LogP contribution in [-0.4, -0.2) is 36.0 Å². The van der Waals surface area contributed by atoms with Gasteiger partial charge in [-0.25, -0.2) is 9.59 Å². The SMILES string of the molecule is CC1=C(C(=O)OC(C)C)[C@H](c2cccc(NC(=O)CC(C)(C)C)c2)NC(=O)N1C. The molecule has 1 heterocycles. The van der Waals surface area contributed by atoms with E-state index >= 15 is 0 Å². The summed E-state index contributed by atoms with van der Waals surface area (Å²) in [6.45, 7) is 11.3. The number of ether oxygens (including phenoxy) is 1. The number of nitrogens with one attached hydrogen (secondary N) is 2. The minimum Gasteiger partial charge on any atom is -0.459 e. The first-order valence-corrected chi connectivity index (χ1v) is 9.75. The van der Waals surface area contributed by atoms with Gasteiger partial charge in [-0.15, -0.1) is 0 Å². The lowest BCUT2D eigenvalue weighted by molar-refractivity contribution is -0.143. The number of carbonyl (C=O) groups is 3. The summed E-state index contributed by atoms with van der Waals surface area (Å²) < 4.78 is 5.40. The number of nitrogens with zero attached hydrogens (tertiary/aromatic N) is 1. The van der Waals surface area contributed by atoms with Gasteiger partial charge in [0.25, 0.3) is 0 Å². The molecule has 0 bridgehead atoms. The molecule has 29 heavy (non-hydrogen) atoms. The molecule has 0 aliphatic carbocycles. The van der Waals surface area contributed by atoms with Gasteiger partial charge in [0.2, 0.25) is 5.91 Å². The van der Waals surface area contributed by atoms with Crippen LogP contribution < -0.4 is 10.6 Å². The molecular weight excluding hydrogens is 370 g/mol. The summed E-state index contributed by atoms with van der Waals surface area (Å²) in [6.07, 6.45) is 0.0991. The molecule has 0 saturated carbocycles. The van der Waals surface area contributed by atoms with Crippen LogP contribution in [0.2, 0.25) is 0 Å². The fraction of sp³-hybridized carbons (Fsp3) is 0.500. The van der Waals surface area contributed by atoms with E-state index in [9.17, 15) is 14.4 Å². The van der Waals surface area contributed by atoms with Crippen LogP contribution in [0.1, 0.15) is 59.6 Å². The smallest absolute Gasteiger partial charge is 0.338 e. The number of benzene rings is 1. The van der Waals surface area contributed by atoms with Gasteiger partial charge in [-0.05, 0) is 43.9 Å². The quantitative estimate of drug-likeness (QED) is 0.731. The third-order valence-corrected chi connectivity index (χ3v) is 4.51. The van der Waals surface area contributed by atoms with E-state index < -0.39 is 12.0 Å². The average molecular weight is 402 g/mol. The Labute approximate surface area is 172 Å². The van der Waals surface area contributed by atoms with Crippen LogP contribution in [0.25, 0.3) is 0 Å². The third-order valence-electron chi connectivity index (χ3n) is 4.51. The normalized spacial score (nSPS) is 17.3. The second-order valence-electron chi connectivity index (χ2n) is 8.81. The van der Waals surface area contributed by atoms with E-state index in [4.69, 9.17) is 4.74 Å². The average Bonchev–Trinajstić information content (AvgIpc) is 2.57. The highest BCUT2D eigenvalue weighted by Crippen LogP contribution is 2.32. The molecule has 158 valence electrons. The maximum absolute atomic E-state index is 12.7. The number of carbonyl (C=O) groups excluding carboxylic acids is 3. The van der Waals surface area contributed by atoms with Crippen LogP contribution in [0.15, 0.2) is 35.5 Å². The van der Waals surface area contributed by atoms with Gasteiger partial charge < -0.3 is 20.3 Å². The Morgan fingerprint density at radius 2 is 1.93 bits per heavy atom. The van der Waals surface area contributed by atoms with Gasteiger partial charge in [-0.2, -0.15) is 0 Å². The van der Waals surface area contributed by atoms with E-state index in [1.165, 1.54) is 4.90 Å². The molecule has 1 aliphatic heterocycles. The number of hydrogen-bond donors (Lipinski definition) is 2. The lowest BCUT2D eigenvalue weighted by Gasteiger charge is -2.33. The Hall–Kier alpha value is -2.83. The van der Waals surface area contributed by atoms with E-state index in [1.54, 1.807) is 46.0 Å². The largest absolute Gasteiger partial charge is 0.459 e. The Bertz CT molecular complexity index is 837. The van der Waals surface area contributed by atoms with Crippen molar-refractivity contribution in [3.63, 3.8) is 0 Å². The third kappa shape index (κ3) is 5.82. The minimum absolute atomic E-state index is 0.0896. The van der Waals surface area contributed by atoms with E-state index in [-0.39, 0.29) is 23.5 Å². The molecule has 0 unspecified atom stereocenters. The summed E-state index contributed by atoms with van der Waals surface area (Å²) in [5, 5.41) is 5.74. The molecule has 1 aromatic rings. The van der Waals surface area contributed by atoms with E-state index in [2.05, 4.69) is 10.6 Å². The summed E-state index contributed by atoms with van der Waals surface area (Å²) >= 11 is 0. The second kappa shape index (κ2) is 8.68. The Kier molecular flexibility index (Phi) is 6.72. The van der Waals surface area contributed by atoms with Crippen molar-refractivity contribution >= 4 is 23.6 Å². The lowest BCUT2D eigenvalue weighted by Crippen LogP contribution is -2.46. The Morgan fingerprint density at radius 3 is 2.52 bits per heavy atom. The fourth-order valence-electron chi connectivity index (χ4n) is 3.11. The summed E-state index contributed by atoms with van der Waals surface area (Å²) in [5.74, 6) is -0.565. The molecule has 0 fully saturated rings. The highest BCUT2D eigenvalue weighted by atomic mass is 16.5. The molecule has 0 saturated heterocycles. The van der Waals surface area contributed by atoms with Gasteiger partial charge in [0.15, 0.2) is 0 Å². The first-order valence-electron chi connectivity index (χ1n) is 9.75. The molecular formula is C22H31N3O4. The number of hydrogen-bond acceptors (Lipinski definition) is 4. The number of esters is 1. The number of rotatable bonds is 5. The van der Waals surface area contributed by atoms with Gasteiger partial charge in [0.05, 0.1) is 17.7 Å². The maximum atomic E-state index is 12.7. The molecule has 0 spiro atoms. The van der Waals surface area contributed by atoms with Crippen molar-refractivity contribution in [2.75, 3.05) is 12.4 Å². The molecule has 2 N–H and O–H groups in total. The molecule has 3 amide bonds. The highest BCUT2D eigenvalue weighted by Gasteiger charge is 2.35. The molecule has 1 atom stereocenters. The molecule has 7 nitrogen and oxygen atoms in total. The van der Waals surface area contributed by atoms with Gasteiger partial charge in [0, 0.05) is 24.9 Å². The van der Waals surface area contributed by atoms with Crippen LogP contribution in [0.3, 0.4) is 0 Å². The van der Waals surface area contributed by atoms with E-state index in [0.29, 0.717) is 28.9 Å². The van der Waals surface area contributed by atoms with Crippen LogP contribution in [0.5, 0.6) is 0 Å². The molecule has 1 aliphatic rings. The summed E-state index contributed by atoms with van der Waals surface area (Å²) in [6, 6.07) is 6.18. The van der Waals surface area contributed by atoms with Gasteiger partial charge in [0.1, 0.15) is 0 Å². The standard InChI is InChI=1S/C22H31N3O4/c1-13(2)29-20(27)18-14(3)25(7)21(28)24-19(18)15-9-8-10-16(11-15)23-17(26)12-22(4,5)6/h8-11,13,19H,12H2,1-7H3,(H,23,26)(H,24,28)/t19-/m0/s1. The predicted octanol–water partition coefficient (Wildman–Crippen LogP) is 3.98. The van der Waals surface area contributed by atoms with Crippen molar-refractivity contribution in [2.24, 2.45) is 5.41 Å². The van der Waals surface area contributed by atoms with Crippen LogP contribution in [0, 0.1) is 5.41 Å². The van der Waals surface area contributed by atoms with E-state index in [0.717, 1.165) is 0 Å². The molecule has 0 radical (unpaired) electrons. The van der Waals surface area contributed by atoms with Crippen LogP contribution >= 0.6 is 0 Å². The van der Waals surface area contributed by atoms with Crippen LogP contribution in [0.4, 0.5) is 10.5 Å². The summed E-state index contributed by atoms with van der Waals surface area (Å²) in [7, 11) is 1.60. The molecule has 0 aromatic heterocycles. The van der Waals surface area contributed by atoms with Crippen molar-refractivity contribution < 1.29 is 19.1 Å². The predicted molar refractivity (Wildman–Crippen MR) is 112 cm³/mol. The zero-order chi connectivity index (χ0) is 21.9. The monoisotopic (exact) mass is 401 g/mol. The Balaban J connectivity index is 2.37.